The number of carbonyl (C=O) groups excluding carboxylic acids is 1. The first-order chi connectivity index (χ1) is 12.9. The van der Waals surface area contributed by atoms with Crippen molar-refractivity contribution in [1.82, 2.24) is 14.9 Å². The SMILES string of the molecule is Cc1nc(C)c(CC(=O)N(C)Cc2ccc(-c3ccccc3)cc2)c(=O)[nH]1. The molecule has 0 saturated heterocycles. The van der Waals surface area contributed by atoms with Crippen molar-refractivity contribution in [1.29, 1.82) is 0 Å². The average molecular weight is 361 g/mol. The van der Waals surface area contributed by atoms with Gasteiger partial charge in [0.05, 0.1) is 6.42 Å². The number of hydrogen-bond acceptors (Lipinski definition) is 3. The summed E-state index contributed by atoms with van der Waals surface area (Å²) < 4.78 is 0. The third-order valence-corrected chi connectivity index (χ3v) is 4.58. The maximum absolute atomic E-state index is 12.5. The molecule has 27 heavy (non-hydrogen) atoms. The molecular formula is C22H23N3O2. The maximum Gasteiger partial charge on any atom is 0.254 e. The lowest BCUT2D eigenvalue weighted by Crippen LogP contribution is -2.31. The molecule has 1 amide bonds. The highest BCUT2D eigenvalue weighted by atomic mass is 16.2. The van der Waals surface area contributed by atoms with Gasteiger partial charge in [-0.1, -0.05) is 54.6 Å². The molecule has 1 N–H and O–H groups in total. The first-order valence-corrected chi connectivity index (χ1v) is 8.89. The monoisotopic (exact) mass is 361 g/mol. The minimum Gasteiger partial charge on any atom is -0.341 e. The predicted molar refractivity (Wildman–Crippen MR) is 106 cm³/mol. The van der Waals surface area contributed by atoms with Gasteiger partial charge >= 0.3 is 0 Å². The number of likely N-dealkylation sites (N-methyl/N-ethyl adjacent to an activating group) is 1. The number of hydrogen-bond donors (Lipinski definition) is 1. The van der Waals surface area contributed by atoms with E-state index in [9.17, 15) is 9.59 Å². The summed E-state index contributed by atoms with van der Waals surface area (Å²) >= 11 is 0. The summed E-state index contributed by atoms with van der Waals surface area (Å²) in [6, 6.07) is 18.3. The Labute approximate surface area is 158 Å². The second-order valence-electron chi connectivity index (χ2n) is 6.70. The third kappa shape index (κ3) is 4.50. The van der Waals surface area contributed by atoms with Gasteiger partial charge in [0, 0.05) is 24.8 Å². The van der Waals surface area contributed by atoms with Crippen LogP contribution in [0.3, 0.4) is 0 Å². The van der Waals surface area contributed by atoms with E-state index >= 15 is 0 Å². The number of H-pyrrole nitrogens is 1. The van der Waals surface area contributed by atoms with Crippen LogP contribution in [0.2, 0.25) is 0 Å². The van der Waals surface area contributed by atoms with Gasteiger partial charge in [-0.15, -0.1) is 0 Å². The quantitative estimate of drug-likeness (QED) is 0.759. The molecule has 138 valence electrons. The highest BCUT2D eigenvalue weighted by Crippen LogP contribution is 2.19. The fourth-order valence-electron chi connectivity index (χ4n) is 3.04. The summed E-state index contributed by atoms with van der Waals surface area (Å²) in [4.78, 5) is 33.2. The lowest BCUT2D eigenvalue weighted by atomic mass is 10.0. The van der Waals surface area contributed by atoms with Crippen LogP contribution in [0.4, 0.5) is 0 Å². The third-order valence-electron chi connectivity index (χ3n) is 4.58. The van der Waals surface area contributed by atoms with Crippen LogP contribution in [-0.4, -0.2) is 27.8 Å². The molecular weight excluding hydrogens is 338 g/mol. The van der Waals surface area contributed by atoms with Crippen molar-refractivity contribution in [2.75, 3.05) is 7.05 Å². The smallest absolute Gasteiger partial charge is 0.254 e. The molecule has 5 heteroatoms. The van der Waals surface area contributed by atoms with E-state index < -0.39 is 0 Å². The van der Waals surface area contributed by atoms with E-state index in [0.29, 0.717) is 23.6 Å². The minimum atomic E-state index is -0.242. The number of aryl methyl sites for hydroxylation is 2. The van der Waals surface area contributed by atoms with Crippen LogP contribution in [-0.2, 0) is 17.8 Å². The highest BCUT2D eigenvalue weighted by Gasteiger charge is 2.15. The van der Waals surface area contributed by atoms with E-state index in [-0.39, 0.29) is 17.9 Å². The molecule has 0 aliphatic heterocycles. The van der Waals surface area contributed by atoms with E-state index in [1.807, 2.05) is 30.3 Å². The normalized spacial score (nSPS) is 10.6. The van der Waals surface area contributed by atoms with Gasteiger partial charge < -0.3 is 9.88 Å². The molecule has 0 atom stereocenters. The Hall–Kier alpha value is -3.21. The lowest BCUT2D eigenvalue weighted by molar-refractivity contribution is -0.129. The molecule has 1 aromatic heterocycles. The number of nitrogens with one attached hydrogen (secondary N) is 1. The molecule has 0 aliphatic rings. The highest BCUT2D eigenvalue weighted by molar-refractivity contribution is 5.78. The second kappa shape index (κ2) is 7.99. The Kier molecular flexibility index (Phi) is 5.50. The minimum absolute atomic E-state index is 0.0487. The van der Waals surface area contributed by atoms with Gasteiger partial charge in [0.15, 0.2) is 0 Å². The van der Waals surface area contributed by atoms with Crippen molar-refractivity contribution in [2.24, 2.45) is 0 Å². The van der Waals surface area contributed by atoms with E-state index in [4.69, 9.17) is 0 Å². The molecule has 0 fully saturated rings. The van der Waals surface area contributed by atoms with Crippen LogP contribution in [0.15, 0.2) is 59.4 Å². The van der Waals surface area contributed by atoms with Crippen LogP contribution < -0.4 is 5.56 Å². The van der Waals surface area contributed by atoms with Gasteiger partial charge in [0.25, 0.3) is 5.56 Å². The first-order valence-electron chi connectivity index (χ1n) is 8.89. The zero-order valence-corrected chi connectivity index (χ0v) is 15.8. The number of nitrogens with zero attached hydrogens (tertiary/aromatic N) is 2. The van der Waals surface area contributed by atoms with E-state index in [2.05, 4.69) is 34.2 Å². The van der Waals surface area contributed by atoms with Gasteiger partial charge in [-0.3, -0.25) is 9.59 Å². The maximum atomic E-state index is 12.5. The van der Waals surface area contributed by atoms with E-state index in [1.165, 1.54) is 0 Å². The van der Waals surface area contributed by atoms with Gasteiger partial charge in [-0.2, -0.15) is 0 Å². The van der Waals surface area contributed by atoms with Gasteiger partial charge in [0.2, 0.25) is 5.91 Å². The summed E-state index contributed by atoms with van der Waals surface area (Å²) in [5.41, 5.74) is 4.13. The van der Waals surface area contributed by atoms with Crippen molar-refractivity contribution >= 4 is 5.91 Å². The van der Waals surface area contributed by atoms with Crippen molar-refractivity contribution in [3.8, 4) is 11.1 Å². The zero-order chi connectivity index (χ0) is 19.4. The Morgan fingerprint density at radius 3 is 2.26 bits per heavy atom. The Balaban J connectivity index is 1.67. The molecule has 1 heterocycles. The molecule has 0 unspecified atom stereocenters. The van der Waals surface area contributed by atoms with E-state index in [1.54, 1.807) is 25.8 Å². The standard InChI is InChI=1S/C22H23N3O2/c1-15-20(22(27)24-16(2)23-15)13-21(26)25(3)14-17-9-11-19(12-10-17)18-7-5-4-6-8-18/h4-12H,13-14H2,1-3H3,(H,23,24,27). The van der Waals surface area contributed by atoms with Gasteiger partial charge in [0.1, 0.15) is 5.82 Å². The van der Waals surface area contributed by atoms with Gasteiger partial charge in [-0.05, 0) is 30.5 Å². The first kappa shape index (κ1) is 18.6. The molecule has 2 aromatic carbocycles. The van der Waals surface area contributed by atoms with Crippen LogP contribution in [0.25, 0.3) is 11.1 Å². The average Bonchev–Trinajstić information content (AvgIpc) is 2.65. The summed E-state index contributed by atoms with van der Waals surface area (Å²) in [7, 11) is 1.75. The van der Waals surface area contributed by atoms with Gasteiger partial charge in [-0.25, -0.2) is 4.98 Å². The Morgan fingerprint density at radius 1 is 1.00 bits per heavy atom. The molecule has 3 rings (SSSR count). The number of aromatic nitrogens is 2. The Morgan fingerprint density at radius 2 is 1.63 bits per heavy atom. The van der Waals surface area contributed by atoms with Crippen LogP contribution in [0, 0.1) is 13.8 Å². The molecule has 0 bridgehead atoms. The summed E-state index contributed by atoms with van der Waals surface area (Å²) in [5.74, 6) is 0.446. The molecule has 0 saturated carbocycles. The fourth-order valence-corrected chi connectivity index (χ4v) is 3.04. The van der Waals surface area contributed by atoms with Crippen molar-refractivity contribution < 1.29 is 4.79 Å². The lowest BCUT2D eigenvalue weighted by Gasteiger charge is -2.18. The molecule has 0 aliphatic carbocycles. The van der Waals surface area contributed by atoms with E-state index in [0.717, 1.165) is 16.7 Å². The fraction of sp³-hybridized carbons (Fsp3) is 0.227. The number of rotatable bonds is 5. The molecule has 5 nitrogen and oxygen atoms in total. The zero-order valence-electron chi connectivity index (χ0n) is 15.8. The number of benzene rings is 2. The summed E-state index contributed by atoms with van der Waals surface area (Å²) in [5, 5.41) is 0. The number of carbonyl (C=O) groups is 1. The topological polar surface area (TPSA) is 66.1 Å². The largest absolute Gasteiger partial charge is 0.341 e. The predicted octanol–water partition coefficient (Wildman–Crippen LogP) is 3.25. The molecule has 3 aromatic rings. The van der Waals surface area contributed by atoms with Crippen molar-refractivity contribution in [2.45, 2.75) is 26.8 Å². The summed E-state index contributed by atoms with van der Waals surface area (Å²) in [6.45, 7) is 3.97. The van der Waals surface area contributed by atoms with Crippen molar-refractivity contribution in [3.05, 3.63) is 87.6 Å². The molecule has 0 radical (unpaired) electrons. The van der Waals surface area contributed by atoms with Crippen LogP contribution in [0.1, 0.15) is 22.6 Å². The summed E-state index contributed by atoms with van der Waals surface area (Å²) in [6.07, 6.45) is 0.0487. The van der Waals surface area contributed by atoms with Crippen LogP contribution >= 0.6 is 0 Å². The van der Waals surface area contributed by atoms with Crippen molar-refractivity contribution in [3.63, 3.8) is 0 Å². The Bertz CT molecular complexity index is 992. The second-order valence-corrected chi connectivity index (χ2v) is 6.70. The number of amides is 1. The molecule has 0 spiro atoms. The number of aromatic amines is 1. The van der Waals surface area contributed by atoms with Crippen LogP contribution in [0.5, 0.6) is 0 Å².